The van der Waals surface area contributed by atoms with Gasteiger partial charge in [-0.1, -0.05) is 58.7 Å². The highest BCUT2D eigenvalue weighted by molar-refractivity contribution is 5.44. The molecule has 106 valence electrons. The van der Waals surface area contributed by atoms with Crippen LogP contribution in [0.4, 0.5) is 0 Å². The lowest BCUT2D eigenvalue weighted by molar-refractivity contribution is 0.550. The van der Waals surface area contributed by atoms with E-state index in [1.54, 1.807) is 0 Å². The van der Waals surface area contributed by atoms with Crippen molar-refractivity contribution in [3.05, 3.63) is 69.8 Å². The van der Waals surface area contributed by atoms with Gasteiger partial charge in [0.15, 0.2) is 0 Å². The molecular formula is C18H24N2. The Morgan fingerprint density at radius 2 is 1.00 bits per heavy atom. The number of nitrogens with two attached hydrogens (primary N) is 2. The lowest BCUT2D eigenvalue weighted by Crippen LogP contribution is -2.45. The van der Waals surface area contributed by atoms with Gasteiger partial charge in [-0.05, 0) is 38.8 Å². The standard InChI is InChI=1S/C18H24N2/c1-12-5-13(2)8-16(7-12)18(20,11-19)17-9-14(3)6-15(4)10-17/h5-10H,11,19-20H2,1-4H3. The molecule has 0 aliphatic carbocycles. The van der Waals surface area contributed by atoms with E-state index in [-0.39, 0.29) is 0 Å². The molecule has 0 spiro atoms. The van der Waals surface area contributed by atoms with E-state index in [2.05, 4.69) is 64.1 Å². The summed E-state index contributed by atoms with van der Waals surface area (Å²) in [5.41, 5.74) is 19.1. The van der Waals surface area contributed by atoms with Crippen molar-refractivity contribution in [2.75, 3.05) is 6.54 Å². The predicted octanol–water partition coefficient (Wildman–Crippen LogP) is 3.08. The fourth-order valence-electron chi connectivity index (χ4n) is 2.87. The first kappa shape index (κ1) is 14.8. The van der Waals surface area contributed by atoms with E-state index >= 15 is 0 Å². The third-order valence-corrected chi connectivity index (χ3v) is 3.80. The average Bonchev–Trinajstić information content (AvgIpc) is 2.35. The summed E-state index contributed by atoms with van der Waals surface area (Å²) in [4.78, 5) is 0. The second kappa shape index (κ2) is 5.39. The van der Waals surface area contributed by atoms with Gasteiger partial charge >= 0.3 is 0 Å². The van der Waals surface area contributed by atoms with E-state index in [0.29, 0.717) is 6.54 Å². The predicted molar refractivity (Wildman–Crippen MR) is 85.9 cm³/mol. The second-order valence-electron chi connectivity index (χ2n) is 5.93. The monoisotopic (exact) mass is 268 g/mol. The highest BCUT2D eigenvalue weighted by Crippen LogP contribution is 2.29. The lowest BCUT2D eigenvalue weighted by Gasteiger charge is -2.30. The van der Waals surface area contributed by atoms with Crippen LogP contribution < -0.4 is 11.5 Å². The summed E-state index contributed by atoms with van der Waals surface area (Å²) in [6, 6.07) is 12.9. The van der Waals surface area contributed by atoms with Gasteiger partial charge in [-0.2, -0.15) is 0 Å². The van der Waals surface area contributed by atoms with Gasteiger partial charge < -0.3 is 11.5 Å². The Morgan fingerprint density at radius 1 is 0.700 bits per heavy atom. The molecule has 0 unspecified atom stereocenters. The molecule has 2 aromatic carbocycles. The van der Waals surface area contributed by atoms with Gasteiger partial charge in [0, 0.05) is 6.54 Å². The Morgan fingerprint density at radius 3 is 1.25 bits per heavy atom. The van der Waals surface area contributed by atoms with Gasteiger partial charge in [-0.15, -0.1) is 0 Å². The van der Waals surface area contributed by atoms with Crippen molar-refractivity contribution in [1.29, 1.82) is 0 Å². The van der Waals surface area contributed by atoms with Gasteiger partial charge in [0.05, 0.1) is 5.54 Å². The number of hydrogen-bond acceptors (Lipinski definition) is 2. The van der Waals surface area contributed by atoms with E-state index in [1.807, 2.05) is 0 Å². The largest absolute Gasteiger partial charge is 0.328 e. The number of rotatable bonds is 3. The Bertz CT molecular complexity index is 537. The zero-order valence-corrected chi connectivity index (χ0v) is 12.8. The summed E-state index contributed by atoms with van der Waals surface area (Å²) >= 11 is 0. The SMILES string of the molecule is Cc1cc(C)cc(C(N)(CN)c2cc(C)cc(C)c2)c1. The molecule has 0 aromatic heterocycles. The molecule has 0 saturated heterocycles. The minimum atomic E-state index is -0.631. The van der Waals surface area contributed by atoms with Crippen LogP contribution in [0.5, 0.6) is 0 Å². The molecule has 0 radical (unpaired) electrons. The van der Waals surface area contributed by atoms with E-state index in [0.717, 1.165) is 11.1 Å². The first-order valence-electron chi connectivity index (χ1n) is 7.01. The van der Waals surface area contributed by atoms with Crippen LogP contribution in [0.25, 0.3) is 0 Å². The number of aryl methyl sites for hydroxylation is 4. The Kier molecular flexibility index (Phi) is 3.98. The Hall–Kier alpha value is -1.64. The molecule has 0 aliphatic heterocycles. The van der Waals surface area contributed by atoms with Crippen molar-refractivity contribution in [2.24, 2.45) is 11.5 Å². The van der Waals surface area contributed by atoms with Crippen LogP contribution in [-0.4, -0.2) is 6.54 Å². The fourth-order valence-corrected chi connectivity index (χ4v) is 2.87. The Balaban J connectivity index is 2.63. The molecule has 2 nitrogen and oxygen atoms in total. The van der Waals surface area contributed by atoms with Gasteiger partial charge in [0.25, 0.3) is 0 Å². The quantitative estimate of drug-likeness (QED) is 0.898. The summed E-state index contributed by atoms with van der Waals surface area (Å²) in [7, 11) is 0. The molecule has 2 rings (SSSR count). The van der Waals surface area contributed by atoms with Gasteiger partial charge in [-0.25, -0.2) is 0 Å². The maximum absolute atomic E-state index is 6.69. The molecular weight excluding hydrogens is 244 g/mol. The molecule has 2 aromatic rings. The lowest BCUT2D eigenvalue weighted by atomic mass is 9.81. The third kappa shape index (κ3) is 2.77. The summed E-state index contributed by atoms with van der Waals surface area (Å²) in [5.74, 6) is 0. The molecule has 4 N–H and O–H groups in total. The van der Waals surface area contributed by atoms with E-state index in [4.69, 9.17) is 11.5 Å². The summed E-state index contributed by atoms with van der Waals surface area (Å²) in [6.45, 7) is 8.76. The van der Waals surface area contributed by atoms with Crippen LogP contribution in [0.1, 0.15) is 33.4 Å². The molecule has 2 heteroatoms. The van der Waals surface area contributed by atoms with Gasteiger partial charge in [0.2, 0.25) is 0 Å². The maximum Gasteiger partial charge on any atom is 0.0790 e. The zero-order chi connectivity index (χ0) is 14.9. The first-order valence-corrected chi connectivity index (χ1v) is 7.01. The second-order valence-corrected chi connectivity index (χ2v) is 5.93. The maximum atomic E-state index is 6.69. The molecule has 0 bridgehead atoms. The first-order chi connectivity index (χ1) is 9.35. The summed E-state index contributed by atoms with van der Waals surface area (Å²) in [5, 5.41) is 0. The normalized spacial score (nSPS) is 11.7. The van der Waals surface area contributed by atoms with Crippen molar-refractivity contribution in [3.8, 4) is 0 Å². The molecule has 20 heavy (non-hydrogen) atoms. The Labute approximate surface area is 121 Å². The van der Waals surface area contributed by atoms with Crippen LogP contribution in [0.15, 0.2) is 36.4 Å². The zero-order valence-electron chi connectivity index (χ0n) is 12.8. The van der Waals surface area contributed by atoms with Crippen molar-refractivity contribution >= 4 is 0 Å². The molecule has 0 atom stereocenters. The van der Waals surface area contributed by atoms with Crippen molar-refractivity contribution in [2.45, 2.75) is 33.2 Å². The smallest absolute Gasteiger partial charge is 0.0790 e. The molecule has 0 amide bonds. The fraction of sp³-hybridized carbons (Fsp3) is 0.333. The van der Waals surface area contributed by atoms with Crippen molar-refractivity contribution in [3.63, 3.8) is 0 Å². The third-order valence-electron chi connectivity index (χ3n) is 3.80. The topological polar surface area (TPSA) is 52.0 Å². The van der Waals surface area contributed by atoms with Gasteiger partial charge in [0.1, 0.15) is 0 Å². The minimum Gasteiger partial charge on any atom is -0.328 e. The van der Waals surface area contributed by atoms with E-state index in [9.17, 15) is 0 Å². The number of hydrogen-bond donors (Lipinski definition) is 2. The van der Waals surface area contributed by atoms with Gasteiger partial charge in [-0.3, -0.25) is 0 Å². The highest BCUT2D eigenvalue weighted by atomic mass is 14.8. The average molecular weight is 268 g/mol. The molecule has 0 aliphatic rings. The van der Waals surface area contributed by atoms with Crippen LogP contribution in [0, 0.1) is 27.7 Å². The van der Waals surface area contributed by atoms with E-state index < -0.39 is 5.54 Å². The van der Waals surface area contributed by atoms with Crippen LogP contribution >= 0.6 is 0 Å². The van der Waals surface area contributed by atoms with Crippen molar-refractivity contribution in [1.82, 2.24) is 0 Å². The van der Waals surface area contributed by atoms with Crippen LogP contribution in [-0.2, 0) is 5.54 Å². The van der Waals surface area contributed by atoms with Crippen LogP contribution in [0.3, 0.4) is 0 Å². The highest BCUT2D eigenvalue weighted by Gasteiger charge is 2.28. The minimum absolute atomic E-state index is 0.388. The molecule has 0 heterocycles. The van der Waals surface area contributed by atoms with E-state index in [1.165, 1.54) is 22.3 Å². The summed E-state index contributed by atoms with van der Waals surface area (Å²) in [6.07, 6.45) is 0. The molecule has 0 fully saturated rings. The summed E-state index contributed by atoms with van der Waals surface area (Å²) < 4.78 is 0. The molecule has 0 saturated carbocycles. The van der Waals surface area contributed by atoms with Crippen LogP contribution in [0.2, 0.25) is 0 Å². The number of benzene rings is 2. The van der Waals surface area contributed by atoms with Crippen molar-refractivity contribution < 1.29 is 0 Å².